The molecular formula is C24H21BrCl2N2O8. The molecule has 4 aliphatic rings. The van der Waals surface area contributed by atoms with Crippen LogP contribution in [0.15, 0.2) is 29.8 Å². The summed E-state index contributed by atoms with van der Waals surface area (Å²) >= 11 is 17.3. The van der Waals surface area contributed by atoms with E-state index in [9.17, 15) is 29.1 Å². The molecule has 196 valence electrons. The number of hydrogen-bond donors (Lipinski definition) is 1. The number of amides is 5. The van der Waals surface area contributed by atoms with E-state index in [1.54, 1.807) is 12.1 Å². The molecule has 0 radical (unpaired) electrons. The van der Waals surface area contributed by atoms with E-state index < -0.39 is 63.1 Å². The number of ether oxygens (including phenoxy) is 2. The van der Waals surface area contributed by atoms with Crippen LogP contribution in [-0.4, -0.2) is 74.1 Å². The average molecular weight is 616 g/mol. The number of phenols is 1. The van der Waals surface area contributed by atoms with E-state index >= 15 is 0 Å². The van der Waals surface area contributed by atoms with Crippen molar-refractivity contribution in [2.75, 3.05) is 19.7 Å². The number of rotatable bonds is 3. The quantitative estimate of drug-likeness (QED) is 0.238. The summed E-state index contributed by atoms with van der Waals surface area (Å²) in [5.41, 5.74) is 0.742. The predicted octanol–water partition coefficient (Wildman–Crippen LogP) is 2.88. The van der Waals surface area contributed by atoms with Gasteiger partial charge < -0.3 is 14.6 Å². The standard InChI is InChI=1S/C24H21BrCl2N2O8/c1-36-15-6-3-10(7-14(15)30)17-11-4-5-12-16(19(32)29(18(12)31)22(35)37-2)13(11)8-23(26)20(33)28(9-25)21(34)24(17,23)27/h3-4,6-7,12-13,16-17,30H,5,8-9H2,1-2H3. The number of likely N-dealkylation sites (tertiary alicyclic amines) is 2. The number of hydrogen-bond acceptors (Lipinski definition) is 8. The first-order valence-electron chi connectivity index (χ1n) is 11.3. The Balaban J connectivity index is 1.72. The summed E-state index contributed by atoms with van der Waals surface area (Å²) in [5, 5.41) is 10.5. The third kappa shape index (κ3) is 3.20. The third-order valence-corrected chi connectivity index (χ3v) is 9.82. The molecule has 5 amide bonds. The van der Waals surface area contributed by atoms with Gasteiger partial charge in [0.2, 0.25) is 11.8 Å². The van der Waals surface area contributed by atoms with Crippen molar-refractivity contribution in [1.82, 2.24) is 9.80 Å². The van der Waals surface area contributed by atoms with Gasteiger partial charge in [0, 0.05) is 5.92 Å². The molecule has 1 saturated carbocycles. The number of imide groups is 4. The van der Waals surface area contributed by atoms with E-state index in [1.807, 2.05) is 0 Å². The van der Waals surface area contributed by atoms with Crippen molar-refractivity contribution in [2.24, 2.45) is 17.8 Å². The molecule has 2 heterocycles. The Morgan fingerprint density at radius 3 is 2.43 bits per heavy atom. The Kier molecular flexibility index (Phi) is 6.12. The highest BCUT2D eigenvalue weighted by atomic mass is 79.9. The molecule has 37 heavy (non-hydrogen) atoms. The van der Waals surface area contributed by atoms with Crippen LogP contribution < -0.4 is 4.74 Å². The van der Waals surface area contributed by atoms with Crippen molar-refractivity contribution in [3.63, 3.8) is 0 Å². The first-order valence-corrected chi connectivity index (χ1v) is 13.2. The number of aromatic hydroxyl groups is 1. The lowest BCUT2D eigenvalue weighted by molar-refractivity contribution is -0.140. The molecule has 5 rings (SSSR count). The molecule has 6 atom stereocenters. The van der Waals surface area contributed by atoms with Crippen LogP contribution in [0.25, 0.3) is 0 Å². The minimum absolute atomic E-state index is 0.0970. The first-order chi connectivity index (χ1) is 17.5. The molecule has 0 aromatic heterocycles. The average Bonchev–Trinajstić information content (AvgIpc) is 3.21. The molecule has 6 unspecified atom stereocenters. The second kappa shape index (κ2) is 8.71. The Labute approximate surface area is 229 Å². The summed E-state index contributed by atoms with van der Waals surface area (Å²) in [6.07, 6.45) is 0.507. The Morgan fingerprint density at radius 1 is 1.14 bits per heavy atom. The molecule has 1 N–H and O–H groups in total. The molecule has 1 aromatic rings. The predicted molar refractivity (Wildman–Crippen MR) is 132 cm³/mol. The lowest BCUT2D eigenvalue weighted by atomic mass is 9.56. The van der Waals surface area contributed by atoms with Crippen LogP contribution in [0.5, 0.6) is 11.5 Å². The molecule has 2 aliphatic heterocycles. The van der Waals surface area contributed by atoms with E-state index in [4.69, 9.17) is 27.9 Å². The van der Waals surface area contributed by atoms with Crippen molar-refractivity contribution >= 4 is 68.9 Å². The van der Waals surface area contributed by atoms with Gasteiger partial charge in [-0.15, -0.1) is 23.2 Å². The minimum Gasteiger partial charge on any atom is -0.504 e. The molecule has 0 bridgehead atoms. The van der Waals surface area contributed by atoms with Crippen LogP contribution >= 0.6 is 39.1 Å². The largest absolute Gasteiger partial charge is 0.504 e. The van der Waals surface area contributed by atoms with Gasteiger partial charge in [0.1, 0.15) is 0 Å². The zero-order chi connectivity index (χ0) is 27.0. The summed E-state index contributed by atoms with van der Waals surface area (Å²) < 4.78 is 9.77. The van der Waals surface area contributed by atoms with Crippen LogP contribution in [0, 0.1) is 17.8 Å². The van der Waals surface area contributed by atoms with Crippen molar-refractivity contribution in [3.8, 4) is 11.5 Å². The zero-order valence-corrected chi connectivity index (χ0v) is 22.7. The summed E-state index contributed by atoms with van der Waals surface area (Å²) in [5.74, 6) is -6.69. The number of carbonyl (C=O) groups is 5. The maximum absolute atomic E-state index is 13.7. The molecule has 2 saturated heterocycles. The second-order valence-corrected chi connectivity index (χ2v) is 11.1. The van der Waals surface area contributed by atoms with Crippen LogP contribution in [0.1, 0.15) is 24.3 Å². The maximum atomic E-state index is 13.7. The van der Waals surface area contributed by atoms with Gasteiger partial charge in [0.05, 0.1) is 31.5 Å². The number of benzene rings is 1. The van der Waals surface area contributed by atoms with Gasteiger partial charge in [-0.25, -0.2) is 4.79 Å². The van der Waals surface area contributed by atoms with E-state index in [-0.39, 0.29) is 29.8 Å². The topological polar surface area (TPSA) is 131 Å². The van der Waals surface area contributed by atoms with E-state index in [0.29, 0.717) is 16.0 Å². The summed E-state index contributed by atoms with van der Waals surface area (Å²) in [6, 6.07) is 4.46. The second-order valence-electron chi connectivity index (χ2n) is 9.40. The van der Waals surface area contributed by atoms with Gasteiger partial charge in [0.15, 0.2) is 21.2 Å². The van der Waals surface area contributed by atoms with Crippen molar-refractivity contribution < 1.29 is 38.6 Å². The highest BCUT2D eigenvalue weighted by Gasteiger charge is 2.76. The zero-order valence-electron chi connectivity index (χ0n) is 19.6. The maximum Gasteiger partial charge on any atom is 0.423 e. The highest BCUT2D eigenvalue weighted by molar-refractivity contribution is 9.09. The Morgan fingerprint density at radius 2 is 1.84 bits per heavy atom. The van der Waals surface area contributed by atoms with E-state index in [2.05, 4.69) is 20.7 Å². The van der Waals surface area contributed by atoms with Crippen molar-refractivity contribution in [2.45, 2.75) is 28.5 Å². The van der Waals surface area contributed by atoms with Gasteiger partial charge in [0.25, 0.3) is 11.8 Å². The number of allylic oxidation sites excluding steroid dienone is 2. The number of halogens is 3. The molecular weight excluding hydrogens is 595 g/mol. The summed E-state index contributed by atoms with van der Waals surface area (Å²) in [6.45, 7) is 0. The van der Waals surface area contributed by atoms with Crippen LogP contribution in [-0.2, 0) is 23.9 Å². The fourth-order valence-corrected chi connectivity index (χ4v) is 7.71. The fraction of sp³-hybridized carbons (Fsp3) is 0.458. The van der Waals surface area contributed by atoms with E-state index in [1.165, 1.54) is 19.2 Å². The Hall–Kier alpha value is -2.63. The normalized spacial score (nSPS) is 34.7. The number of alkyl halides is 3. The number of methoxy groups -OCH3 is 2. The first kappa shape index (κ1) is 26.0. The van der Waals surface area contributed by atoms with Gasteiger partial charge in [-0.1, -0.05) is 33.6 Å². The van der Waals surface area contributed by atoms with Crippen LogP contribution in [0.2, 0.25) is 0 Å². The van der Waals surface area contributed by atoms with E-state index in [0.717, 1.165) is 12.0 Å². The van der Waals surface area contributed by atoms with Crippen molar-refractivity contribution in [3.05, 3.63) is 35.4 Å². The monoisotopic (exact) mass is 614 g/mol. The van der Waals surface area contributed by atoms with Gasteiger partial charge >= 0.3 is 6.09 Å². The number of fused-ring (bicyclic) bond motifs is 4. The van der Waals surface area contributed by atoms with Gasteiger partial charge in [-0.3, -0.25) is 24.1 Å². The molecule has 10 nitrogen and oxygen atoms in total. The molecule has 0 spiro atoms. The van der Waals surface area contributed by atoms with Gasteiger partial charge in [-0.2, -0.15) is 4.90 Å². The minimum atomic E-state index is -2.00. The number of carbonyl (C=O) groups excluding carboxylic acids is 5. The Bertz CT molecular complexity index is 1300. The number of phenolic OH excluding ortho intramolecular Hbond substituents is 1. The summed E-state index contributed by atoms with van der Waals surface area (Å²) in [7, 11) is 2.44. The molecule has 3 fully saturated rings. The molecule has 2 aliphatic carbocycles. The summed E-state index contributed by atoms with van der Waals surface area (Å²) in [4.78, 5) is 63.2. The molecule has 1 aromatic carbocycles. The number of nitrogens with zero attached hydrogens (tertiary/aromatic N) is 2. The molecule has 13 heteroatoms. The lowest BCUT2D eigenvalue weighted by Crippen LogP contribution is -2.60. The van der Waals surface area contributed by atoms with Gasteiger partial charge in [-0.05, 0) is 36.5 Å². The van der Waals surface area contributed by atoms with Crippen LogP contribution in [0.3, 0.4) is 0 Å². The van der Waals surface area contributed by atoms with Crippen LogP contribution in [0.4, 0.5) is 4.79 Å². The highest BCUT2D eigenvalue weighted by Crippen LogP contribution is 2.65. The smallest absolute Gasteiger partial charge is 0.423 e. The lowest BCUT2D eigenvalue weighted by Gasteiger charge is -2.50. The third-order valence-electron chi connectivity index (χ3n) is 7.91. The SMILES string of the molecule is COC(=O)N1C(=O)C2CC=C3C(CC4(Cl)C(=O)N(CBr)C(=O)C4(Cl)C3c3ccc(OC)c(O)c3)C2C1=O. The van der Waals surface area contributed by atoms with Crippen molar-refractivity contribution in [1.29, 1.82) is 0 Å². The fourth-order valence-electron chi connectivity index (χ4n) is 6.28.